The van der Waals surface area contributed by atoms with Crippen LogP contribution in [0.4, 0.5) is 0 Å². The molecule has 1 unspecified atom stereocenters. The van der Waals surface area contributed by atoms with Gasteiger partial charge in [-0.25, -0.2) is 0 Å². The van der Waals surface area contributed by atoms with Crippen LogP contribution in [-0.4, -0.2) is 0 Å². The number of hydrogen-bond acceptors (Lipinski definition) is 2. The molecule has 16 heavy (non-hydrogen) atoms. The monoisotopic (exact) mass is 257 g/mol. The molecule has 1 aromatic rings. The van der Waals surface area contributed by atoms with Gasteiger partial charge in [0.25, 0.3) is 0 Å². The van der Waals surface area contributed by atoms with E-state index in [4.69, 9.17) is 17.3 Å². The largest absolute Gasteiger partial charge is 0.323 e. The predicted octanol–water partition coefficient (Wildman–Crippen LogP) is 4.68. The summed E-state index contributed by atoms with van der Waals surface area (Å²) in [5.41, 5.74) is 7.55. The van der Waals surface area contributed by atoms with E-state index in [0.717, 1.165) is 5.02 Å². The van der Waals surface area contributed by atoms with Crippen molar-refractivity contribution in [3.63, 3.8) is 0 Å². The van der Waals surface area contributed by atoms with E-state index in [1.165, 1.54) is 49.0 Å². The van der Waals surface area contributed by atoms with Gasteiger partial charge in [-0.1, -0.05) is 37.3 Å². The minimum atomic E-state index is 0.157. The fraction of sp³-hybridized carbons (Fsp3) is 0.692. The van der Waals surface area contributed by atoms with Gasteiger partial charge in [0.05, 0.1) is 5.02 Å². The van der Waals surface area contributed by atoms with Gasteiger partial charge in [-0.3, -0.25) is 0 Å². The van der Waals surface area contributed by atoms with E-state index in [1.54, 1.807) is 11.3 Å². The van der Waals surface area contributed by atoms with Gasteiger partial charge in [0, 0.05) is 10.9 Å². The van der Waals surface area contributed by atoms with Crippen molar-refractivity contribution >= 4 is 22.9 Å². The summed E-state index contributed by atoms with van der Waals surface area (Å²) in [5.74, 6) is 0.637. The van der Waals surface area contributed by atoms with Crippen molar-refractivity contribution in [1.29, 1.82) is 0 Å². The van der Waals surface area contributed by atoms with E-state index in [1.807, 2.05) is 0 Å². The second kappa shape index (κ2) is 5.52. The van der Waals surface area contributed by atoms with Crippen molar-refractivity contribution in [3.05, 3.63) is 20.8 Å². The highest BCUT2D eigenvalue weighted by Crippen LogP contribution is 2.38. The Hall–Kier alpha value is -0.0500. The highest BCUT2D eigenvalue weighted by molar-refractivity contribution is 7.10. The maximum absolute atomic E-state index is 6.38. The third-order valence-corrected chi connectivity index (χ3v) is 5.45. The molecular formula is C13H20ClNS. The Morgan fingerprint density at radius 3 is 2.44 bits per heavy atom. The Kier molecular flexibility index (Phi) is 4.28. The summed E-state index contributed by atoms with van der Waals surface area (Å²) in [6, 6.07) is 0.157. The first-order valence-corrected chi connectivity index (χ1v) is 7.45. The average molecular weight is 258 g/mol. The van der Waals surface area contributed by atoms with E-state index in [-0.39, 0.29) is 6.04 Å². The lowest BCUT2D eigenvalue weighted by Crippen LogP contribution is -2.20. The number of nitrogens with two attached hydrogens (primary N) is 1. The first-order chi connectivity index (χ1) is 7.70. The van der Waals surface area contributed by atoms with Crippen molar-refractivity contribution < 1.29 is 0 Å². The molecule has 0 aliphatic heterocycles. The fourth-order valence-corrected chi connectivity index (χ4v) is 3.97. The normalized spacial score (nSPS) is 20.7. The van der Waals surface area contributed by atoms with Crippen LogP contribution < -0.4 is 5.73 Å². The average Bonchev–Trinajstić information content (AvgIpc) is 2.53. The lowest BCUT2D eigenvalue weighted by atomic mass is 9.91. The maximum Gasteiger partial charge on any atom is 0.0590 e. The van der Waals surface area contributed by atoms with Crippen LogP contribution in [0.5, 0.6) is 0 Å². The summed E-state index contributed by atoms with van der Waals surface area (Å²) in [4.78, 5) is 1.20. The van der Waals surface area contributed by atoms with Crippen LogP contribution >= 0.6 is 22.9 Å². The molecule has 1 saturated carbocycles. The van der Waals surface area contributed by atoms with Gasteiger partial charge < -0.3 is 5.73 Å². The van der Waals surface area contributed by atoms with E-state index < -0.39 is 0 Å². The van der Waals surface area contributed by atoms with Gasteiger partial charge in [-0.2, -0.15) is 0 Å². The Labute approximate surface area is 107 Å². The van der Waals surface area contributed by atoms with Gasteiger partial charge in [0.2, 0.25) is 0 Å². The van der Waals surface area contributed by atoms with Crippen molar-refractivity contribution in [2.45, 2.75) is 51.5 Å². The van der Waals surface area contributed by atoms with Gasteiger partial charge in [-0.05, 0) is 36.6 Å². The standard InChI is InChI=1S/C13H20ClNS/c1-9-8-16-13(11(9)14)12(15)10-6-4-2-3-5-7-10/h8,10,12H,2-7,15H2,1H3. The number of halogens is 1. The highest BCUT2D eigenvalue weighted by atomic mass is 35.5. The molecular weight excluding hydrogens is 238 g/mol. The molecule has 90 valence electrons. The van der Waals surface area contributed by atoms with Gasteiger partial charge >= 0.3 is 0 Å². The molecule has 0 aromatic carbocycles. The molecule has 1 aliphatic carbocycles. The maximum atomic E-state index is 6.38. The van der Waals surface area contributed by atoms with Gasteiger partial charge in [-0.15, -0.1) is 11.3 Å². The number of hydrogen-bond donors (Lipinski definition) is 1. The van der Waals surface area contributed by atoms with Crippen LogP contribution in [0.3, 0.4) is 0 Å². The molecule has 0 spiro atoms. The van der Waals surface area contributed by atoms with E-state index in [9.17, 15) is 0 Å². The van der Waals surface area contributed by atoms with E-state index in [0.29, 0.717) is 5.92 Å². The summed E-state index contributed by atoms with van der Waals surface area (Å²) < 4.78 is 0. The zero-order valence-electron chi connectivity index (χ0n) is 9.84. The molecule has 1 fully saturated rings. The Morgan fingerprint density at radius 2 is 1.94 bits per heavy atom. The van der Waals surface area contributed by atoms with Crippen molar-refractivity contribution in [1.82, 2.24) is 0 Å². The summed E-state index contributed by atoms with van der Waals surface area (Å²) >= 11 is 8.02. The Morgan fingerprint density at radius 1 is 1.31 bits per heavy atom. The molecule has 1 heterocycles. The molecule has 2 N–H and O–H groups in total. The molecule has 1 nitrogen and oxygen atoms in total. The molecule has 2 rings (SSSR count). The summed E-state index contributed by atoms with van der Waals surface area (Å²) in [5, 5.41) is 3.02. The van der Waals surface area contributed by atoms with Crippen LogP contribution in [0, 0.1) is 12.8 Å². The third kappa shape index (κ3) is 2.61. The summed E-state index contributed by atoms with van der Waals surface area (Å²) in [6.45, 7) is 2.06. The van der Waals surface area contributed by atoms with Crippen molar-refractivity contribution in [2.24, 2.45) is 11.7 Å². The summed E-state index contributed by atoms with van der Waals surface area (Å²) in [7, 11) is 0. The summed E-state index contributed by atoms with van der Waals surface area (Å²) in [6.07, 6.45) is 7.96. The van der Waals surface area contributed by atoms with Crippen LogP contribution in [0.25, 0.3) is 0 Å². The molecule has 1 atom stereocenters. The highest BCUT2D eigenvalue weighted by Gasteiger charge is 2.24. The SMILES string of the molecule is Cc1csc(C(N)C2CCCCCC2)c1Cl. The molecule has 0 bridgehead atoms. The van der Waals surface area contributed by atoms with Gasteiger partial charge in [0.1, 0.15) is 0 Å². The smallest absolute Gasteiger partial charge is 0.0590 e. The fourth-order valence-electron chi connectivity index (χ4n) is 2.56. The zero-order chi connectivity index (χ0) is 11.5. The zero-order valence-corrected chi connectivity index (χ0v) is 11.4. The minimum Gasteiger partial charge on any atom is -0.323 e. The first-order valence-electron chi connectivity index (χ1n) is 6.19. The molecule has 3 heteroatoms. The van der Waals surface area contributed by atoms with Crippen LogP contribution in [-0.2, 0) is 0 Å². The van der Waals surface area contributed by atoms with Crippen molar-refractivity contribution in [3.8, 4) is 0 Å². The quantitative estimate of drug-likeness (QED) is 0.765. The molecule has 1 aliphatic rings. The number of rotatable bonds is 2. The van der Waals surface area contributed by atoms with E-state index >= 15 is 0 Å². The van der Waals surface area contributed by atoms with E-state index in [2.05, 4.69) is 12.3 Å². The molecule has 0 radical (unpaired) electrons. The molecule has 0 amide bonds. The second-order valence-corrected chi connectivity index (χ2v) is 6.16. The Bertz CT molecular complexity index is 340. The van der Waals surface area contributed by atoms with Crippen LogP contribution in [0.2, 0.25) is 5.02 Å². The number of thiophene rings is 1. The van der Waals surface area contributed by atoms with Gasteiger partial charge in [0.15, 0.2) is 0 Å². The van der Waals surface area contributed by atoms with Crippen LogP contribution in [0.1, 0.15) is 55.0 Å². The van der Waals surface area contributed by atoms with Crippen molar-refractivity contribution in [2.75, 3.05) is 0 Å². The molecule has 0 saturated heterocycles. The molecule has 1 aromatic heterocycles. The Balaban J connectivity index is 2.11. The first kappa shape index (κ1) is 12.4. The third-order valence-electron chi connectivity index (χ3n) is 3.64. The minimum absolute atomic E-state index is 0.157. The second-order valence-electron chi connectivity index (χ2n) is 4.87. The topological polar surface area (TPSA) is 26.0 Å². The predicted molar refractivity (Wildman–Crippen MR) is 72.2 cm³/mol. The lowest BCUT2D eigenvalue weighted by molar-refractivity contribution is 0.386. The lowest BCUT2D eigenvalue weighted by Gasteiger charge is -2.21. The number of aryl methyl sites for hydroxylation is 1. The van der Waals surface area contributed by atoms with Crippen LogP contribution in [0.15, 0.2) is 5.38 Å².